The van der Waals surface area contributed by atoms with Gasteiger partial charge in [0.15, 0.2) is 5.69 Å². The summed E-state index contributed by atoms with van der Waals surface area (Å²) >= 11 is 5.96. The van der Waals surface area contributed by atoms with E-state index < -0.39 is 5.97 Å². The van der Waals surface area contributed by atoms with E-state index >= 15 is 0 Å². The minimum atomic E-state index is -1.03. The number of aromatic carboxylic acids is 1. The topological polar surface area (TPSA) is 54.6 Å². The van der Waals surface area contributed by atoms with Crippen LogP contribution in [0.25, 0.3) is 16.9 Å². The summed E-state index contributed by atoms with van der Waals surface area (Å²) in [5.74, 6) is -1.03. The summed E-state index contributed by atoms with van der Waals surface area (Å²) in [6, 6.07) is 9.27. The first-order valence-corrected chi connectivity index (χ1v) is 6.83. The number of rotatable bonds is 2. The average molecular weight is 301 g/mol. The van der Waals surface area contributed by atoms with Crippen LogP contribution in [0.4, 0.5) is 0 Å². The highest BCUT2D eigenvalue weighted by Gasteiger charge is 2.21. The Morgan fingerprint density at radius 1 is 1.24 bits per heavy atom. The molecule has 3 aromatic rings. The standard InChI is InChI=1S/C16H13ClN2O2/c1-9-3-5-12(10(2)7-9)14-15(16(20)21)19-8-11(17)4-6-13(19)18-14/h3-8H,1-2H3,(H,20,21). The minimum Gasteiger partial charge on any atom is -0.476 e. The second-order valence-electron chi connectivity index (χ2n) is 5.01. The number of fused-ring (bicyclic) bond motifs is 1. The third-order valence-corrected chi connectivity index (χ3v) is 3.65. The monoisotopic (exact) mass is 300 g/mol. The maximum atomic E-state index is 11.7. The van der Waals surface area contributed by atoms with Crippen LogP contribution in [-0.2, 0) is 0 Å². The van der Waals surface area contributed by atoms with Crippen LogP contribution in [0.2, 0.25) is 5.02 Å². The zero-order valence-corrected chi connectivity index (χ0v) is 12.3. The molecule has 0 saturated heterocycles. The summed E-state index contributed by atoms with van der Waals surface area (Å²) in [4.78, 5) is 16.1. The number of aromatic nitrogens is 2. The second-order valence-corrected chi connectivity index (χ2v) is 5.44. The lowest BCUT2D eigenvalue weighted by molar-refractivity contribution is 0.0690. The van der Waals surface area contributed by atoms with Crippen molar-refractivity contribution < 1.29 is 9.90 Å². The van der Waals surface area contributed by atoms with Gasteiger partial charge in [-0.1, -0.05) is 35.4 Å². The highest BCUT2D eigenvalue weighted by molar-refractivity contribution is 6.30. The lowest BCUT2D eigenvalue weighted by Crippen LogP contribution is -2.04. The number of carbonyl (C=O) groups is 1. The Morgan fingerprint density at radius 3 is 2.67 bits per heavy atom. The van der Waals surface area contributed by atoms with Crippen LogP contribution in [0.5, 0.6) is 0 Å². The van der Waals surface area contributed by atoms with Gasteiger partial charge in [-0.05, 0) is 31.5 Å². The number of imidazole rings is 1. The SMILES string of the molecule is Cc1ccc(-c2nc3ccc(Cl)cn3c2C(=O)O)c(C)c1. The fourth-order valence-electron chi connectivity index (χ4n) is 2.49. The van der Waals surface area contributed by atoms with E-state index in [1.807, 2.05) is 32.0 Å². The Bertz CT molecular complexity index is 868. The number of benzene rings is 1. The zero-order valence-electron chi connectivity index (χ0n) is 11.6. The first-order chi connectivity index (χ1) is 9.97. The Balaban J connectivity index is 2.36. The molecule has 0 radical (unpaired) electrons. The summed E-state index contributed by atoms with van der Waals surface area (Å²) in [5, 5.41) is 10.0. The predicted octanol–water partition coefficient (Wildman–Crippen LogP) is 3.97. The predicted molar refractivity (Wildman–Crippen MR) is 82.1 cm³/mol. The molecule has 106 valence electrons. The summed E-state index contributed by atoms with van der Waals surface area (Å²) in [7, 11) is 0. The molecule has 0 aliphatic carbocycles. The maximum absolute atomic E-state index is 11.7. The molecule has 2 aromatic heterocycles. The largest absolute Gasteiger partial charge is 0.476 e. The van der Waals surface area contributed by atoms with E-state index in [1.165, 1.54) is 4.40 Å². The molecular weight excluding hydrogens is 288 g/mol. The Hall–Kier alpha value is -2.33. The summed E-state index contributed by atoms with van der Waals surface area (Å²) in [5.41, 5.74) is 4.08. The lowest BCUT2D eigenvalue weighted by atomic mass is 10.0. The molecule has 0 amide bonds. The van der Waals surface area contributed by atoms with E-state index in [-0.39, 0.29) is 5.69 Å². The molecule has 21 heavy (non-hydrogen) atoms. The molecule has 2 heterocycles. The van der Waals surface area contributed by atoms with Crippen molar-refractivity contribution >= 4 is 23.2 Å². The molecule has 5 heteroatoms. The number of nitrogens with zero attached hydrogens (tertiary/aromatic N) is 2. The normalized spacial score (nSPS) is 11.0. The third-order valence-electron chi connectivity index (χ3n) is 3.42. The molecule has 0 saturated carbocycles. The molecule has 0 aliphatic rings. The van der Waals surface area contributed by atoms with Crippen LogP contribution in [0, 0.1) is 13.8 Å². The van der Waals surface area contributed by atoms with Crippen LogP contribution < -0.4 is 0 Å². The number of halogens is 1. The Kier molecular flexibility index (Phi) is 3.18. The van der Waals surface area contributed by atoms with Gasteiger partial charge in [-0.15, -0.1) is 0 Å². The molecule has 0 spiro atoms. The van der Waals surface area contributed by atoms with E-state index in [2.05, 4.69) is 4.98 Å². The maximum Gasteiger partial charge on any atom is 0.355 e. The Labute approximate surface area is 126 Å². The molecular formula is C16H13ClN2O2. The number of carboxylic acids is 1. The van der Waals surface area contributed by atoms with E-state index in [9.17, 15) is 9.90 Å². The molecule has 0 fully saturated rings. The fourth-order valence-corrected chi connectivity index (χ4v) is 2.65. The van der Waals surface area contributed by atoms with Gasteiger partial charge in [0, 0.05) is 11.8 Å². The number of aryl methyl sites for hydroxylation is 2. The van der Waals surface area contributed by atoms with Crippen LogP contribution in [0.3, 0.4) is 0 Å². The summed E-state index contributed by atoms with van der Waals surface area (Å²) in [6.45, 7) is 3.95. The molecule has 3 rings (SSSR count). The van der Waals surface area contributed by atoms with E-state index in [0.29, 0.717) is 16.4 Å². The fraction of sp³-hybridized carbons (Fsp3) is 0.125. The van der Waals surface area contributed by atoms with Gasteiger partial charge in [-0.3, -0.25) is 4.40 Å². The van der Waals surface area contributed by atoms with Gasteiger partial charge in [0.2, 0.25) is 0 Å². The first-order valence-electron chi connectivity index (χ1n) is 6.46. The smallest absolute Gasteiger partial charge is 0.355 e. The third kappa shape index (κ3) is 2.28. The quantitative estimate of drug-likeness (QED) is 0.779. The number of hydrogen-bond donors (Lipinski definition) is 1. The van der Waals surface area contributed by atoms with E-state index in [0.717, 1.165) is 16.7 Å². The van der Waals surface area contributed by atoms with Crippen molar-refractivity contribution in [2.45, 2.75) is 13.8 Å². The number of carboxylic acid groups (broad SMARTS) is 1. The van der Waals surface area contributed by atoms with Crippen molar-refractivity contribution in [2.24, 2.45) is 0 Å². The molecule has 1 N–H and O–H groups in total. The highest BCUT2D eigenvalue weighted by Crippen LogP contribution is 2.28. The van der Waals surface area contributed by atoms with Gasteiger partial charge in [0.25, 0.3) is 0 Å². The van der Waals surface area contributed by atoms with Crippen molar-refractivity contribution in [1.29, 1.82) is 0 Å². The van der Waals surface area contributed by atoms with E-state index in [4.69, 9.17) is 11.6 Å². The summed E-state index contributed by atoms with van der Waals surface area (Å²) in [6.07, 6.45) is 1.57. The van der Waals surface area contributed by atoms with Gasteiger partial charge in [0.1, 0.15) is 11.3 Å². The van der Waals surface area contributed by atoms with Crippen LogP contribution in [-0.4, -0.2) is 20.5 Å². The molecule has 0 atom stereocenters. The second kappa shape index (κ2) is 4.90. The van der Waals surface area contributed by atoms with Crippen molar-refractivity contribution in [2.75, 3.05) is 0 Å². The molecule has 0 unspecified atom stereocenters. The van der Waals surface area contributed by atoms with Crippen molar-refractivity contribution in [3.05, 3.63) is 58.4 Å². The average Bonchev–Trinajstić information content (AvgIpc) is 2.76. The van der Waals surface area contributed by atoms with Gasteiger partial charge in [-0.2, -0.15) is 0 Å². The first kappa shape index (κ1) is 13.6. The molecule has 4 nitrogen and oxygen atoms in total. The van der Waals surface area contributed by atoms with E-state index in [1.54, 1.807) is 18.3 Å². The van der Waals surface area contributed by atoms with Crippen molar-refractivity contribution in [1.82, 2.24) is 9.38 Å². The Morgan fingerprint density at radius 2 is 2.00 bits per heavy atom. The number of hydrogen-bond acceptors (Lipinski definition) is 2. The molecule has 0 bridgehead atoms. The van der Waals surface area contributed by atoms with Crippen LogP contribution in [0.1, 0.15) is 21.6 Å². The van der Waals surface area contributed by atoms with Crippen LogP contribution in [0.15, 0.2) is 36.5 Å². The van der Waals surface area contributed by atoms with Crippen LogP contribution >= 0.6 is 11.6 Å². The van der Waals surface area contributed by atoms with Gasteiger partial charge >= 0.3 is 5.97 Å². The van der Waals surface area contributed by atoms with Crippen molar-refractivity contribution in [3.8, 4) is 11.3 Å². The van der Waals surface area contributed by atoms with Gasteiger partial charge in [-0.25, -0.2) is 9.78 Å². The highest BCUT2D eigenvalue weighted by atomic mass is 35.5. The van der Waals surface area contributed by atoms with Crippen molar-refractivity contribution in [3.63, 3.8) is 0 Å². The molecule has 0 aliphatic heterocycles. The van der Waals surface area contributed by atoms with Gasteiger partial charge in [0.05, 0.1) is 5.02 Å². The number of pyridine rings is 1. The zero-order chi connectivity index (χ0) is 15.1. The van der Waals surface area contributed by atoms with Gasteiger partial charge < -0.3 is 5.11 Å². The summed E-state index contributed by atoms with van der Waals surface area (Å²) < 4.78 is 1.51. The lowest BCUT2D eigenvalue weighted by Gasteiger charge is -2.05. The molecule has 1 aromatic carbocycles. The minimum absolute atomic E-state index is 0.124.